The van der Waals surface area contributed by atoms with Crippen molar-refractivity contribution >= 4 is 23.3 Å². The van der Waals surface area contributed by atoms with Gasteiger partial charge in [0.05, 0.1) is 12.1 Å². The molecule has 5 heteroatoms. The maximum absolute atomic E-state index is 11.9. The van der Waals surface area contributed by atoms with Gasteiger partial charge in [-0.15, -0.1) is 0 Å². The summed E-state index contributed by atoms with van der Waals surface area (Å²) in [4.78, 5) is 23.6. The number of nitrogens with one attached hydrogen (secondary N) is 1. The zero-order valence-corrected chi connectivity index (χ0v) is 11.1. The molecule has 19 heavy (non-hydrogen) atoms. The quantitative estimate of drug-likeness (QED) is 0.901. The van der Waals surface area contributed by atoms with E-state index in [9.17, 15) is 9.59 Å². The van der Waals surface area contributed by atoms with Crippen LogP contribution < -0.4 is 10.3 Å². The van der Waals surface area contributed by atoms with Gasteiger partial charge in [-0.1, -0.05) is 32.0 Å². The summed E-state index contributed by atoms with van der Waals surface area (Å²) in [6.07, 6.45) is 0.895. The minimum Gasteiger partial charge on any atom is -0.312 e. The highest BCUT2D eigenvalue weighted by Crippen LogP contribution is 2.19. The molecule has 0 saturated carbocycles. The molecule has 0 fully saturated rings. The van der Waals surface area contributed by atoms with Crippen molar-refractivity contribution in [3.63, 3.8) is 0 Å². The van der Waals surface area contributed by atoms with Crippen molar-refractivity contribution in [3.8, 4) is 0 Å². The fraction of sp³-hybridized carbons (Fsp3) is 0.357. The van der Waals surface area contributed by atoms with Gasteiger partial charge in [-0.2, -0.15) is 10.1 Å². The molecule has 2 rings (SSSR count). The maximum atomic E-state index is 11.9. The van der Waals surface area contributed by atoms with E-state index in [1.165, 1.54) is 5.01 Å². The van der Waals surface area contributed by atoms with E-state index in [1.807, 2.05) is 32.0 Å². The summed E-state index contributed by atoms with van der Waals surface area (Å²) in [7, 11) is 0. The van der Waals surface area contributed by atoms with Crippen molar-refractivity contribution < 1.29 is 9.59 Å². The number of anilines is 1. The lowest BCUT2D eigenvalue weighted by Gasteiger charge is -2.10. The Morgan fingerprint density at radius 2 is 2.11 bits per heavy atom. The Morgan fingerprint density at radius 1 is 1.42 bits per heavy atom. The smallest absolute Gasteiger partial charge is 0.255 e. The number of carbonyl (C=O) groups excluding carboxylic acids is 2. The van der Waals surface area contributed by atoms with Crippen LogP contribution >= 0.6 is 0 Å². The predicted octanol–water partition coefficient (Wildman–Crippen LogP) is 1.90. The van der Waals surface area contributed by atoms with Gasteiger partial charge < -0.3 is 5.32 Å². The minimum absolute atomic E-state index is 0.0800. The number of amides is 2. The van der Waals surface area contributed by atoms with E-state index < -0.39 is 0 Å². The van der Waals surface area contributed by atoms with Crippen molar-refractivity contribution in [2.75, 3.05) is 5.01 Å². The Balaban J connectivity index is 2.09. The van der Waals surface area contributed by atoms with Crippen molar-refractivity contribution in [3.05, 3.63) is 30.3 Å². The van der Waals surface area contributed by atoms with E-state index in [2.05, 4.69) is 10.4 Å². The van der Waals surface area contributed by atoms with Gasteiger partial charge in [0.25, 0.3) is 5.91 Å². The topological polar surface area (TPSA) is 61.8 Å². The molecule has 1 unspecified atom stereocenters. The number of benzene rings is 1. The van der Waals surface area contributed by atoms with Crippen LogP contribution in [0.4, 0.5) is 5.69 Å². The number of amidine groups is 1. The number of nitrogens with zero attached hydrogens (tertiary/aromatic N) is 2. The predicted molar refractivity (Wildman–Crippen MR) is 73.6 cm³/mol. The molecule has 1 atom stereocenters. The molecule has 5 nitrogen and oxygen atoms in total. The molecule has 1 aliphatic heterocycles. The second-order valence-corrected chi connectivity index (χ2v) is 4.56. The molecule has 1 aromatic carbocycles. The van der Waals surface area contributed by atoms with Crippen molar-refractivity contribution in [2.24, 2.45) is 11.0 Å². The number of carbonyl (C=O) groups is 2. The van der Waals surface area contributed by atoms with Gasteiger partial charge in [-0.3, -0.25) is 9.59 Å². The van der Waals surface area contributed by atoms with Crippen molar-refractivity contribution in [1.29, 1.82) is 0 Å². The van der Waals surface area contributed by atoms with Crippen LogP contribution in [0.5, 0.6) is 0 Å². The summed E-state index contributed by atoms with van der Waals surface area (Å²) in [5.74, 6) is 0.109. The third kappa shape index (κ3) is 2.99. The van der Waals surface area contributed by atoms with E-state index in [-0.39, 0.29) is 24.2 Å². The van der Waals surface area contributed by atoms with Gasteiger partial charge in [0.1, 0.15) is 5.84 Å². The fourth-order valence-corrected chi connectivity index (χ4v) is 1.72. The first-order valence-electron chi connectivity index (χ1n) is 6.38. The molecular formula is C14H17N3O2. The molecule has 100 valence electrons. The summed E-state index contributed by atoms with van der Waals surface area (Å²) in [5, 5.41) is 8.20. The van der Waals surface area contributed by atoms with Gasteiger partial charge in [0.2, 0.25) is 5.91 Å². The summed E-state index contributed by atoms with van der Waals surface area (Å²) in [5.41, 5.74) is 0.709. The fourth-order valence-electron chi connectivity index (χ4n) is 1.72. The van der Waals surface area contributed by atoms with Gasteiger partial charge in [0, 0.05) is 5.92 Å². The molecule has 2 amide bonds. The van der Waals surface area contributed by atoms with Crippen LogP contribution in [0.15, 0.2) is 35.4 Å². The standard InChI is InChI=1S/C14H17N3O2/c1-3-10(2)14(19)15-12-9-13(18)17(16-12)11-7-5-4-6-8-11/h4-8,10H,3,9H2,1-2H3,(H,15,16,19). The lowest BCUT2D eigenvalue weighted by atomic mass is 10.1. The molecule has 0 bridgehead atoms. The van der Waals surface area contributed by atoms with Gasteiger partial charge in [0.15, 0.2) is 0 Å². The van der Waals surface area contributed by atoms with Crippen LogP contribution in [-0.2, 0) is 9.59 Å². The third-order valence-electron chi connectivity index (χ3n) is 3.10. The molecular weight excluding hydrogens is 242 g/mol. The van der Waals surface area contributed by atoms with Crippen molar-refractivity contribution in [2.45, 2.75) is 26.7 Å². The Labute approximate surface area is 112 Å². The summed E-state index contributed by atoms with van der Waals surface area (Å²) >= 11 is 0. The highest BCUT2D eigenvalue weighted by Gasteiger charge is 2.26. The first kappa shape index (κ1) is 13.3. The van der Waals surface area contributed by atoms with Gasteiger partial charge >= 0.3 is 0 Å². The summed E-state index contributed by atoms with van der Waals surface area (Å²) < 4.78 is 0. The number of hydrazone groups is 1. The van der Waals surface area contributed by atoms with E-state index in [1.54, 1.807) is 12.1 Å². The molecule has 0 radical (unpaired) electrons. The van der Waals surface area contributed by atoms with Crippen LogP contribution in [0.2, 0.25) is 0 Å². The molecule has 0 saturated heterocycles. The second kappa shape index (κ2) is 5.65. The molecule has 0 aliphatic carbocycles. The number of hydrogen-bond donors (Lipinski definition) is 1. The van der Waals surface area contributed by atoms with E-state index in [4.69, 9.17) is 0 Å². The Hall–Kier alpha value is -2.17. The average Bonchev–Trinajstić information content (AvgIpc) is 2.79. The van der Waals surface area contributed by atoms with Crippen LogP contribution in [0.1, 0.15) is 26.7 Å². The van der Waals surface area contributed by atoms with Crippen LogP contribution in [0, 0.1) is 5.92 Å². The number of para-hydroxylation sites is 1. The largest absolute Gasteiger partial charge is 0.312 e. The average molecular weight is 259 g/mol. The van der Waals surface area contributed by atoms with Crippen molar-refractivity contribution in [1.82, 2.24) is 5.32 Å². The molecule has 1 aliphatic rings. The van der Waals surface area contributed by atoms with Crippen LogP contribution in [-0.4, -0.2) is 17.6 Å². The summed E-state index contributed by atoms with van der Waals surface area (Å²) in [6, 6.07) is 9.17. The number of hydrogen-bond acceptors (Lipinski definition) is 3. The normalized spacial score (nSPS) is 16.2. The molecule has 0 aromatic heterocycles. The van der Waals surface area contributed by atoms with Gasteiger partial charge in [-0.25, -0.2) is 0 Å². The monoisotopic (exact) mass is 259 g/mol. The van der Waals surface area contributed by atoms with E-state index >= 15 is 0 Å². The number of rotatable bonds is 3. The highest BCUT2D eigenvalue weighted by atomic mass is 16.2. The van der Waals surface area contributed by atoms with E-state index in [0.717, 1.165) is 6.42 Å². The highest BCUT2D eigenvalue weighted by molar-refractivity contribution is 6.15. The SMILES string of the molecule is CCC(C)C(=O)NC1=NN(c2ccccc2)C(=O)C1. The first-order chi connectivity index (χ1) is 9.11. The zero-order valence-electron chi connectivity index (χ0n) is 11.1. The minimum atomic E-state index is -0.134. The molecule has 1 aromatic rings. The molecule has 0 spiro atoms. The third-order valence-corrected chi connectivity index (χ3v) is 3.10. The first-order valence-corrected chi connectivity index (χ1v) is 6.38. The maximum Gasteiger partial charge on any atom is 0.255 e. The molecule has 1 N–H and O–H groups in total. The Morgan fingerprint density at radius 3 is 2.74 bits per heavy atom. The van der Waals surface area contributed by atoms with Crippen LogP contribution in [0.3, 0.4) is 0 Å². The lowest BCUT2D eigenvalue weighted by Crippen LogP contribution is -2.33. The zero-order chi connectivity index (χ0) is 13.8. The lowest BCUT2D eigenvalue weighted by molar-refractivity contribution is -0.123. The Kier molecular flexibility index (Phi) is 3.94. The van der Waals surface area contributed by atoms with E-state index in [0.29, 0.717) is 11.5 Å². The Bertz CT molecular complexity index is 511. The van der Waals surface area contributed by atoms with Crippen LogP contribution in [0.25, 0.3) is 0 Å². The second-order valence-electron chi connectivity index (χ2n) is 4.56. The molecule has 1 heterocycles. The summed E-state index contributed by atoms with van der Waals surface area (Å²) in [6.45, 7) is 3.80. The van der Waals surface area contributed by atoms with Gasteiger partial charge in [-0.05, 0) is 18.6 Å².